The molecule has 106 valence electrons. The lowest BCUT2D eigenvalue weighted by atomic mass is 10.1. The Bertz CT molecular complexity index is 628. The number of methoxy groups -OCH3 is 1. The molecule has 0 spiro atoms. The third-order valence-corrected chi connectivity index (χ3v) is 4.45. The minimum atomic E-state index is -0.235. The average Bonchev–Trinajstić information content (AvgIpc) is 2.46. The second-order valence-electron chi connectivity index (χ2n) is 4.50. The van der Waals surface area contributed by atoms with Crippen molar-refractivity contribution in [1.82, 2.24) is 9.97 Å². The van der Waals surface area contributed by atoms with Crippen molar-refractivity contribution in [3.8, 4) is 0 Å². The third-order valence-electron chi connectivity index (χ3n) is 3.04. The second-order valence-corrected chi connectivity index (χ2v) is 5.68. The predicted octanol–water partition coefficient (Wildman–Crippen LogP) is 4.59. The van der Waals surface area contributed by atoms with E-state index in [2.05, 4.69) is 32.8 Å². The first kappa shape index (κ1) is 15.4. The molecule has 0 aliphatic carbocycles. The molecule has 0 saturated carbocycles. The van der Waals surface area contributed by atoms with Crippen LogP contribution < -0.4 is 0 Å². The molecule has 1 atom stereocenters. The molecule has 3 nitrogen and oxygen atoms in total. The highest BCUT2D eigenvalue weighted by Gasteiger charge is 2.17. The molecule has 0 aliphatic heterocycles. The summed E-state index contributed by atoms with van der Waals surface area (Å²) in [6, 6.07) is 10.0. The topological polar surface area (TPSA) is 37.9 Å². The van der Waals surface area contributed by atoms with Gasteiger partial charge < -0.3 is 9.72 Å². The Morgan fingerprint density at radius 2 is 2.05 bits per heavy atom. The summed E-state index contributed by atoms with van der Waals surface area (Å²) in [6.07, 6.45) is 1.72. The van der Waals surface area contributed by atoms with Crippen LogP contribution in [0.1, 0.15) is 36.5 Å². The molecular formula is C15H17BrN2OS. The first-order valence-electron chi connectivity index (χ1n) is 6.53. The standard InChI is InChI=1S/C15H17BrN2OS/c1-3-7-11-12(16)15(20)18-14(17-11)13(19-2)10-8-5-4-6-9-10/h4-6,8-9,13H,3,7H2,1-2H3,(H,17,18,20). The molecular weight excluding hydrogens is 336 g/mol. The normalized spacial score (nSPS) is 12.3. The Labute approximate surface area is 132 Å². The number of aryl methyl sites for hydroxylation is 1. The number of hydrogen-bond donors (Lipinski definition) is 1. The number of aromatic nitrogens is 2. The van der Waals surface area contributed by atoms with E-state index < -0.39 is 0 Å². The van der Waals surface area contributed by atoms with Gasteiger partial charge in [0.2, 0.25) is 0 Å². The molecule has 20 heavy (non-hydrogen) atoms. The number of benzene rings is 1. The summed E-state index contributed by atoms with van der Waals surface area (Å²) in [7, 11) is 1.68. The van der Waals surface area contributed by atoms with Crippen LogP contribution in [0.4, 0.5) is 0 Å². The fraction of sp³-hybridized carbons (Fsp3) is 0.333. The summed E-state index contributed by atoms with van der Waals surface area (Å²) >= 11 is 8.83. The van der Waals surface area contributed by atoms with Gasteiger partial charge in [0.25, 0.3) is 0 Å². The van der Waals surface area contributed by atoms with Gasteiger partial charge >= 0.3 is 0 Å². The molecule has 1 aromatic carbocycles. The number of rotatable bonds is 5. The SMILES string of the molecule is CCCc1[nH]c(C(OC)c2ccccc2)nc(=S)c1Br. The molecule has 1 unspecified atom stereocenters. The molecule has 0 saturated heterocycles. The number of hydrogen-bond acceptors (Lipinski definition) is 3. The van der Waals surface area contributed by atoms with Crippen LogP contribution >= 0.6 is 28.1 Å². The van der Waals surface area contributed by atoms with E-state index in [0.717, 1.165) is 34.4 Å². The van der Waals surface area contributed by atoms with Gasteiger partial charge in [0, 0.05) is 12.8 Å². The van der Waals surface area contributed by atoms with Crippen LogP contribution in [0.25, 0.3) is 0 Å². The molecule has 1 aromatic heterocycles. The first-order chi connectivity index (χ1) is 9.67. The number of ether oxygens (including phenoxy) is 1. The Kier molecular flexibility index (Phi) is 5.46. The van der Waals surface area contributed by atoms with Gasteiger partial charge in [-0.1, -0.05) is 55.9 Å². The van der Waals surface area contributed by atoms with Crippen LogP contribution in [0.3, 0.4) is 0 Å². The number of aromatic amines is 1. The molecule has 1 N–H and O–H groups in total. The average molecular weight is 353 g/mol. The van der Waals surface area contributed by atoms with Gasteiger partial charge in [-0.3, -0.25) is 0 Å². The zero-order chi connectivity index (χ0) is 14.5. The Morgan fingerprint density at radius 3 is 2.65 bits per heavy atom. The fourth-order valence-electron chi connectivity index (χ4n) is 2.10. The van der Waals surface area contributed by atoms with Crippen LogP contribution in [0.5, 0.6) is 0 Å². The van der Waals surface area contributed by atoms with Crippen molar-refractivity contribution in [1.29, 1.82) is 0 Å². The number of nitrogens with one attached hydrogen (secondary N) is 1. The van der Waals surface area contributed by atoms with Gasteiger partial charge in [-0.25, -0.2) is 4.98 Å². The molecule has 2 rings (SSSR count). The Morgan fingerprint density at radius 1 is 1.35 bits per heavy atom. The van der Waals surface area contributed by atoms with Gasteiger partial charge in [0.05, 0.1) is 4.47 Å². The summed E-state index contributed by atoms with van der Waals surface area (Å²) in [6.45, 7) is 2.13. The smallest absolute Gasteiger partial charge is 0.144 e. The van der Waals surface area contributed by atoms with Crippen molar-refractivity contribution in [3.63, 3.8) is 0 Å². The zero-order valence-corrected chi connectivity index (χ0v) is 13.9. The van der Waals surface area contributed by atoms with E-state index in [-0.39, 0.29) is 6.10 Å². The Hall–Kier alpha value is -1.04. The molecule has 0 bridgehead atoms. The van der Waals surface area contributed by atoms with Crippen molar-refractivity contribution in [2.75, 3.05) is 7.11 Å². The van der Waals surface area contributed by atoms with E-state index in [9.17, 15) is 0 Å². The van der Waals surface area contributed by atoms with E-state index in [0.29, 0.717) is 4.64 Å². The van der Waals surface area contributed by atoms with Gasteiger partial charge in [0.15, 0.2) is 0 Å². The van der Waals surface area contributed by atoms with Gasteiger partial charge in [-0.05, 0) is 27.9 Å². The largest absolute Gasteiger partial charge is 0.369 e. The maximum atomic E-state index is 5.60. The third kappa shape index (κ3) is 3.34. The summed E-state index contributed by atoms with van der Waals surface area (Å²) < 4.78 is 7.04. The Balaban J connectivity index is 2.48. The van der Waals surface area contributed by atoms with Crippen LogP contribution in [0.15, 0.2) is 34.8 Å². The maximum absolute atomic E-state index is 5.60. The lowest BCUT2D eigenvalue weighted by Gasteiger charge is -2.17. The zero-order valence-electron chi connectivity index (χ0n) is 11.5. The summed E-state index contributed by atoms with van der Waals surface area (Å²) in [5.74, 6) is 0.746. The number of H-pyrrole nitrogens is 1. The quantitative estimate of drug-likeness (QED) is 0.799. The number of halogens is 1. The summed E-state index contributed by atoms with van der Waals surface area (Å²) in [5.41, 5.74) is 2.12. The monoisotopic (exact) mass is 352 g/mol. The van der Waals surface area contributed by atoms with Gasteiger partial charge in [-0.2, -0.15) is 0 Å². The lowest BCUT2D eigenvalue weighted by molar-refractivity contribution is 0.128. The van der Waals surface area contributed by atoms with Crippen molar-refractivity contribution >= 4 is 28.1 Å². The molecule has 5 heteroatoms. The van der Waals surface area contributed by atoms with Crippen LogP contribution in [0.2, 0.25) is 0 Å². The molecule has 2 aromatic rings. The highest BCUT2D eigenvalue weighted by Crippen LogP contribution is 2.25. The minimum Gasteiger partial charge on any atom is -0.369 e. The minimum absolute atomic E-state index is 0.235. The highest BCUT2D eigenvalue weighted by atomic mass is 79.9. The van der Waals surface area contributed by atoms with Crippen molar-refractivity contribution in [2.45, 2.75) is 25.9 Å². The predicted molar refractivity (Wildman–Crippen MR) is 86.4 cm³/mol. The van der Waals surface area contributed by atoms with E-state index in [1.165, 1.54) is 0 Å². The molecule has 0 radical (unpaired) electrons. The maximum Gasteiger partial charge on any atom is 0.144 e. The lowest BCUT2D eigenvalue weighted by Crippen LogP contribution is -2.11. The van der Waals surface area contributed by atoms with E-state index >= 15 is 0 Å². The van der Waals surface area contributed by atoms with Gasteiger partial charge in [-0.15, -0.1) is 0 Å². The highest BCUT2D eigenvalue weighted by molar-refractivity contribution is 9.10. The van der Waals surface area contributed by atoms with Crippen LogP contribution in [0, 0.1) is 4.64 Å². The van der Waals surface area contributed by atoms with E-state index in [1.54, 1.807) is 7.11 Å². The molecule has 0 amide bonds. The fourth-order valence-corrected chi connectivity index (χ4v) is 2.71. The summed E-state index contributed by atoms with van der Waals surface area (Å²) in [5, 5.41) is 0. The number of nitrogens with zero attached hydrogens (tertiary/aromatic N) is 1. The van der Waals surface area contributed by atoms with Crippen molar-refractivity contribution in [3.05, 3.63) is 56.5 Å². The van der Waals surface area contributed by atoms with Crippen molar-refractivity contribution < 1.29 is 4.74 Å². The van der Waals surface area contributed by atoms with E-state index in [4.69, 9.17) is 17.0 Å². The molecule has 0 aliphatic rings. The van der Waals surface area contributed by atoms with Crippen molar-refractivity contribution in [2.24, 2.45) is 0 Å². The summed E-state index contributed by atoms with van der Waals surface area (Å²) in [4.78, 5) is 7.80. The molecule has 0 fully saturated rings. The van der Waals surface area contributed by atoms with E-state index in [1.807, 2.05) is 30.3 Å². The van der Waals surface area contributed by atoms with Crippen LogP contribution in [-0.4, -0.2) is 17.1 Å². The first-order valence-corrected chi connectivity index (χ1v) is 7.73. The second kappa shape index (κ2) is 7.11. The van der Waals surface area contributed by atoms with Gasteiger partial charge in [0.1, 0.15) is 16.6 Å². The molecule has 1 heterocycles. The van der Waals surface area contributed by atoms with Crippen LogP contribution in [-0.2, 0) is 11.2 Å².